The summed E-state index contributed by atoms with van der Waals surface area (Å²) in [4.78, 5) is 2.34. The van der Waals surface area contributed by atoms with Crippen LogP contribution in [0.15, 0.2) is 18.2 Å². The number of morpholine rings is 1. The molecule has 2 unspecified atom stereocenters. The predicted octanol–water partition coefficient (Wildman–Crippen LogP) is 1.92. The Kier molecular flexibility index (Phi) is 4.54. The Morgan fingerprint density at radius 3 is 2.71 bits per heavy atom. The molecule has 2 atom stereocenters. The van der Waals surface area contributed by atoms with Crippen LogP contribution in [0.4, 0.5) is 4.39 Å². The van der Waals surface area contributed by atoms with Crippen molar-refractivity contribution in [2.45, 2.75) is 38.0 Å². The van der Waals surface area contributed by atoms with Crippen molar-refractivity contribution in [2.24, 2.45) is 0 Å². The van der Waals surface area contributed by atoms with Gasteiger partial charge in [0.05, 0.1) is 18.8 Å². The van der Waals surface area contributed by atoms with Crippen molar-refractivity contribution >= 4 is 0 Å². The van der Waals surface area contributed by atoms with Crippen molar-refractivity contribution in [3.8, 4) is 11.8 Å². The highest BCUT2D eigenvalue weighted by Gasteiger charge is 2.33. The fraction of sp³-hybridized carbons (Fsp3) is 0.529. The Morgan fingerprint density at radius 2 is 2.00 bits per heavy atom. The molecular weight excluding hydrogens is 269 g/mol. The Bertz CT molecular complexity index is 552. The van der Waals surface area contributed by atoms with Gasteiger partial charge in [-0.25, -0.2) is 4.39 Å². The van der Waals surface area contributed by atoms with Crippen molar-refractivity contribution in [2.75, 3.05) is 19.7 Å². The van der Waals surface area contributed by atoms with Crippen molar-refractivity contribution in [1.29, 1.82) is 0 Å². The van der Waals surface area contributed by atoms with Gasteiger partial charge < -0.3 is 9.84 Å². The maximum absolute atomic E-state index is 13.7. The first-order valence-electron chi connectivity index (χ1n) is 7.50. The van der Waals surface area contributed by atoms with Crippen LogP contribution in [0.5, 0.6) is 0 Å². The van der Waals surface area contributed by atoms with Gasteiger partial charge in [0.1, 0.15) is 5.82 Å². The predicted molar refractivity (Wildman–Crippen MR) is 78.2 cm³/mol. The second-order valence-corrected chi connectivity index (χ2v) is 5.78. The molecule has 2 fully saturated rings. The molecule has 1 aromatic rings. The van der Waals surface area contributed by atoms with Gasteiger partial charge in [0.15, 0.2) is 0 Å². The van der Waals surface area contributed by atoms with Crippen LogP contribution in [0.1, 0.15) is 30.4 Å². The van der Waals surface area contributed by atoms with Crippen LogP contribution in [0.3, 0.4) is 0 Å². The lowest BCUT2D eigenvalue weighted by Crippen LogP contribution is -2.41. The molecule has 21 heavy (non-hydrogen) atoms. The summed E-state index contributed by atoms with van der Waals surface area (Å²) in [7, 11) is 0. The van der Waals surface area contributed by atoms with Gasteiger partial charge in [0, 0.05) is 31.6 Å². The minimum atomic E-state index is -0.253. The van der Waals surface area contributed by atoms with Crippen LogP contribution < -0.4 is 0 Å². The molecule has 1 aromatic carbocycles. The van der Waals surface area contributed by atoms with Crippen LogP contribution in [0.25, 0.3) is 0 Å². The molecule has 1 N–H and O–H groups in total. The third kappa shape index (κ3) is 3.82. The van der Waals surface area contributed by atoms with E-state index in [1.54, 1.807) is 6.07 Å². The Labute approximate surface area is 124 Å². The highest BCUT2D eigenvalue weighted by molar-refractivity contribution is 5.37. The van der Waals surface area contributed by atoms with E-state index in [0.29, 0.717) is 24.2 Å². The van der Waals surface area contributed by atoms with Gasteiger partial charge in [-0.05, 0) is 36.6 Å². The largest absolute Gasteiger partial charge is 0.395 e. The smallest absolute Gasteiger partial charge is 0.124 e. The quantitative estimate of drug-likeness (QED) is 0.863. The zero-order chi connectivity index (χ0) is 14.7. The molecule has 2 aliphatic heterocycles. The molecule has 0 aromatic heterocycles. The molecule has 0 saturated carbocycles. The summed E-state index contributed by atoms with van der Waals surface area (Å²) in [6.07, 6.45) is 3.39. The number of rotatable bonds is 3. The molecule has 112 valence electrons. The number of halogens is 1. The topological polar surface area (TPSA) is 32.7 Å². The molecular formula is C17H20FNO2. The van der Waals surface area contributed by atoms with E-state index in [9.17, 15) is 4.39 Å². The van der Waals surface area contributed by atoms with Crippen molar-refractivity contribution in [3.63, 3.8) is 0 Å². The Balaban J connectivity index is 1.69. The second-order valence-electron chi connectivity index (χ2n) is 5.78. The molecule has 0 aliphatic carbocycles. The minimum absolute atomic E-state index is 0.0335. The lowest BCUT2D eigenvalue weighted by molar-refractivity contribution is -0.0410. The average Bonchev–Trinajstić information content (AvgIpc) is 2.78. The number of aliphatic hydroxyl groups is 1. The van der Waals surface area contributed by atoms with Crippen LogP contribution in [0.2, 0.25) is 0 Å². The van der Waals surface area contributed by atoms with Crippen molar-refractivity contribution in [1.82, 2.24) is 4.90 Å². The third-order valence-electron chi connectivity index (χ3n) is 3.95. The number of ether oxygens (including phenoxy) is 1. The number of hydrogen-bond acceptors (Lipinski definition) is 3. The molecule has 2 bridgehead atoms. The summed E-state index contributed by atoms with van der Waals surface area (Å²) in [6, 6.07) is 4.95. The van der Waals surface area contributed by atoms with Crippen LogP contribution in [-0.4, -0.2) is 41.9 Å². The second kappa shape index (κ2) is 6.57. The van der Waals surface area contributed by atoms with Crippen molar-refractivity contribution in [3.05, 3.63) is 35.1 Å². The van der Waals surface area contributed by atoms with Crippen LogP contribution in [0, 0.1) is 17.7 Å². The molecule has 0 radical (unpaired) electrons. The fourth-order valence-electron chi connectivity index (χ4n) is 3.12. The van der Waals surface area contributed by atoms with E-state index in [2.05, 4.69) is 16.7 Å². The standard InChI is InChI=1S/C17H20FNO2/c18-15-8-13(3-1-2-6-20)7-14(9-15)10-19-11-16-4-5-17(12-19)21-16/h7-9,16-17,20H,2,4-6,10-12H2. The number of fused-ring (bicyclic) bond motifs is 2. The average molecular weight is 289 g/mol. The first-order chi connectivity index (χ1) is 10.2. The van der Waals surface area contributed by atoms with Gasteiger partial charge >= 0.3 is 0 Å². The third-order valence-corrected chi connectivity index (χ3v) is 3.95. The van der Waals surface area contributed by atoms with Gasteiger partial charge in [-0.2, -0.15) is 0 Å². The lowest BCUT2D eigenvalue weighted by atomic mass is 10.1. The summed E-state index contributed by atoms with van der Waals surface area (Å²) < 4.78 is 19.5. The van der Waals surface area contributed by atoms with Gasteiger partial charge in [-0.15, -0.1) is 0 Å². The highest BCUT2D eigenvalue weighted by Crippen LogP contribution is 2.27. The van der Waals surface area contributed by atoms with E-state index in [1.165, 1.54) is 6.07 Å². The Morgan fingerprint density at radius 1 is 1.24 bits per heavy atom. The van der Waals surface area contributed by atoms with E-state index in [-0.39, 0.29) is 12.4 Å². The molecule has 3 rings (SSSR count). The summed E-state index contributed by atoms with van der Waals surface area (Å²) in [5, 5.41) is 8.73. The van der Waals surface area contributed by atoms with E-state index in [1.807, 2.05) is 6.07 Å². The maximum Gasteiger partial charge on any atom is 0.124 e. The summed E-state index contributed by atoms with van der Waals surface area (Å²) >= 11 is 0. The Hall–Kier alpha value is -1.41. The summed E-state index contributed by atoms with van der Waals surface area (Å²) in [6.45, 7) is 2.63. The lowest BCUT2D eigenvalue weighted by Gasteiger charge is -2.32. The zero-order valence-electron chi connectivity index (χ0n) is 12.0. The molecule has 2 aliphatic rings. The number of benzene rings is 1. The van der Waals surface area contributed by atoms with E-state index in [4.69, 9.17) is 9.84 Å². The molecule has 2 heterocycles. The molecule has 4 heteroatoms. The molecule has 0 amide bonds. The van der Waals surface area contributed by atoms with E-state index in [0.717, 1.165) is 38.0 Å². The van der Waals surface area contributed by atoms with E-state index >= 15 is 0 Å². The maximum atomic E-state index is 13.7. The first kappa shape index (κ1) is 14.5. The van der Waals surface area contributed by atoms with Gasteiger partial charge in [-0.3, -0.25) is 4.90 Å². The van der Waals surface area contributed by atoms with E-state index < -0.39 is 0 Å². The van der Waals surface area contributed by atoms with Crippen LogP contribution >= 0.6 is 0 Å². The summed E-state index contributed by atoms with van der Waals surface area (Å²) in [5.41, 5.74) is 1.62. The SMILES string of the molecule is OCCC#Cc1cc(F)cc(CN2CC3CCC(C2)O3)c1. The summed E-state index contributed by atoms with van der Waals surface area (Å²) in [5.74, 6) is 5.48. The minimum Gasteiger partial charge on any atom is -0.395 e. The number of likely N-dealkylation sites (tertiary alicyclic amines) is 1. The number of hydrogen-bond donors (Lipinski definition) is 1. The highest BCUT2D eigenvalue weighted by atomic mass is 19.1. The normalized spacial score (nSPS) is 24.7. The van der Waals surface area contributed by atoms with Gasteiger partial charge in [-0.1, -0.05) is 11.8 Å². The van der Waals surface area contributed by atoms with Crippen molar-refractivity contribution < 1.29 is 14.2 Å². The molecule has 2 saturated heterocycles. The first-order valence-corrected chi connectivity index (χ1v) is 7.50. The monoisotopic (exact) mass is 289 g/mol. The van der Waals surface area contributed by atoms with Gasteiger partial charge in [0.2, 0.25) is 0 Å². The fourth-order valence-corrected chi connectivity index (χ4v) is 3.12. The van der Waals surface area contributed by atoms with Gasteiger partial charge in [0.25, 0.3) is 0 Å². The zero-order valence-corrected chi connectivity index (χ0v) is 12.0. The number of aliphatic hydroxyl groups excluding tert-OH is 1. The number of nitrogens with zero attached hydrogens (tertiary/aromatic N) is 1. The van der Waals surface area contributed by atoms with Crippen LogP contribution in [-0.2, 0) is 11.3 Å². The molecule has 3 nitrogen and oxygen atoms in total. The molecule has 0 spiro atoms.